The molecule has 0 aliphatic rings. The zero-order chi connectivity index (χ0) is 9.26. The van der Waals surface area contributed by atoms with Gasteiger partial charge in [-0.1, -0.05) is 0 Å². The highest BCUT2D eigenvalue weighted by Crippen LogP contribution is 1.96. The highest BCUT2D eigenvalue weighted by atomic mass is 16.3. The molecule has 0 fully saturated rings. The zero-order valence-corrected chi connectivity index (χ0v) is 6.90. The van der Waals surface area contributed by atoms with Crippen LogP contribution in [0.4, 0.5) is 0 Å². The molecule has 0 radical (unpaired) electrons. The molecule has 0 aliphatic heterocycles. The summed E-state index contributed by atoms with van der Waals surface area (Å²) < 4.78 is 1.58. The van der Waals surface area contributed by atoms with Crippen molar-refractivity contribution in [2.24, 2.45) is 0 Å². The van der Waals surface area contributed by atoms with Crippen molar-refractivity contribution >= 4 is 5.65 Å². The third kappa shape index (κ3) is 1.33. The number of aliphatic hydroxyl groups excluding tert-OH is 1. The Kier molecular flexibility index (Phi) is 1.86. The standard InChI is InChI=1S/C8H9N3O2/c12-4-2-6-5-11-7(1-3-9-11)10-8(6)13/h1,3,5,12H,2,4H2,(H,10,13). The molecule has 0 amide bonds. The Labute approximate surface area is 73.6 Å². The van der Waals surface area contributed by atoms with Crippen molar-refractivity contribution in [3.8, 4) is 0 Å². The van der Waals surface area contributed by atoms with E-state index in [1.54, 1.807) is 23.0 Å². The summed E-state index contributed by atoms with van der Waals surface area (Å²) in [6.07, 6.45) is 3.59. The molecule has 2 rings (SSSR count). The molecule has 2 heterocycles. The van der Waals surface area contributed by atoms with Crippen LogP contribution in [0.15, 0.2) is 23.3 Å². The number of hydrogen-bond acceptors (Lipinski definition) is 3. The van der Waals surface area contributed by atoms with Gasteiger partial charge in [0, 0.05) is 30.9 Å². The largest absolute Gasteiger partial charge is 0.396 e. The maximum absolute atomic E-state index is 11.3. The number of aromatic amines is 1. The maximum Gasteiger partial charge on any atom is 0.254 e. The fraction of sp³-hybridized carbons (Fsp3) is 0.250. The fourth-order valence-electron chi connectivity index (χ4n) is 1.22. The molecule has 5 nitrogen and oxygen atoms in total. The first-order valence-corrected chi connectivity index (χ1v) is 3.97. The lowest BCUT2D eigenvalue weighted by molar-refractivity contribution is 0.299. The highest BCUT2D eigenvalue weighted by molar-refractivity contribution is 5.35. The molecule has 2 N–H and O–H groups in total. The summed E-state index contributed by atoms with van der Waals surface area (Å²) in [5.41, 5.74) is 1.03. The van der Waals surface area contributed by atoms with Crippen molar-refractivity contribution in [1.82, 2.24) is 14.6 Å². The molecule has 0 saturated carbocycles. The number of nitrogens with zero attached hydrogens (tertiary/aromatic N) is 2. The van der Waals surface area contributed by atoms with Crippen LogP contribution in [-0.2, 0) is 6.42 Å². The van der Waals surface area contributed by atoms with E-state index in [0.717, 1.165) is 0 Å². The van der Waals surface area contributed by atoms with Crippen LogP contribution in [0.3, 0.4) is 0 Å². The van der Waals surface area contributed by atoms with Crippen molar-refractivity contribution in [3.63, 3.8) is 0 Å². The van der Waals surface area contributed by atoms with Crippen molar-refractivity contribution in [1.29, 1.82) is 0 Å². The smallest absolute Gasteiger partial charge is 0.254 e. The second-order valence-corrected chi connectivity index (χ2v) is 2.74. The minimum Gasteiger partial charge on any atom is -0.396 e. The maximum atomic E-state index is 11.3. The summed E-state index contributed by atoms with van der Waals surface area (Å²) in [6.45, 7) is -0.0319. The van der Waals surface area contributed by atoms with Crippen LogP contribution in [0, 0.1) is 0 Å². The molecule has 0 atom stereocenters. The van der Waals surface area contributed by atoms with Gasteiger partial charge in [0.1, 0.15) is 5.65 Å². The van der Waals surface area contributed by atoms with Crippen LogP contribution in [0.2, 0.25) is 0 Å². The lowest BCUT2D eigenvalue weighted by Crippen LogP contribution is -2.15. The van der Waals surface area contributed by atoms with Crippen LogP contribution in [0.1, 0.15) is 5.56 Å². The van der Waals surface area contributed by atoms with Gasteiger partial charge < -0.3 is 10.1 Å². The molecule has 0 saturated heterocycles. The molecule has 13 heavy (non-hydrogen) atoms. The predicted octanol–water partition coefficient (Wildman–Crippen LogP) is -0.443. The van der Waals surface area contributed by atoms with Gasteiger partial charge in [-0.25, -0.2) is 4.52 Å². The molecule has 2 aromatic rings. The quantitative estimate of drug-likeness (QED) is 0.656. The van der Waals surface area contributed by atoms with Crippen LogP contribution in [-0.4, -0.2) is 26.3 Å². The molecule has 0 unspecified atom stereocenters. The first-order valence-electron chi connectivity index (χ1n) is 3.97. The number of fused-ring (bicyclic) bond motifs is 1. The Hall–Kier alpha value is -1.62. The number of aliphatic hydroxyl groups is 1. The highest BCUT2D eigenvalue weighted by Gasteiger charge is 2.01. The van der Waals surface area contributed by atoms with Gasteiger partial charge in [-0.2, -0.15) is 5.10 Å². The lowest BCUT2D eigenvalue weighted by Gasteiger charge is -1.97. The van der Waals surface area contributed by atoms with Crippen LogP contribution in [0.25, 0.3) is 5.65 Å². The topological polar surface area (TPSA) is 70.4 Å². The summed E-state index contributed by atoms with van der Waals surface area (Å²) >= 11 is 0. The molecule has 5 heteroatoms. The Morgan fingerprint density at radius 2 is 2.46 bits per heavy atom. The Morgan fingerprint density at radius 3 is 3.23 bits per heavy atom. The van der Waals surface area contributed by atoms with E-state index in [9.17, 15) is 4.79 Å². The normalized spacial score (nSPS) is 10.8. The van der Waals surface area contributed by atoms with Gasteiger partial charge in [-0.3, -0.25) is 4.79 Å². The second kappa shape index (κ2) is 3.02. The van der Waals surface area contributed by atoms with Gasteiger partial charge in [-0.05, 0) is 0 Å². The van der Waals surface area contributed by atoms with Gasteiger partial charge in [0.05, 0.1) is 6.20 Å². The monoisotopic (exact) mass is 179 g/mol. The van der Waals surface area contributed by atoms with E-state index in [4.69, 9.17) is 5.11 Å². The molecule has 68 valence electrons. The van der Waals surface area contributed by atoms with Crippen LogP contribution >= 0.6 is 0 Å². The number of aromatic nitrogens is 3. The van der Waals surface area contributed by atoms with E-state index < -0.39 is 0 Å². The van der Waals surface area contributed by atoms with Gasteiger partial charge >= 0.3 is 0 Å². The van der Waals surface area contributed by atoms with Crippen LogP contribution in [0.5, 0.6) is 0 Å². The molecule has 2 aromatic heterocycles. The molecule has 0 aliphatic carbocycles. The van der Waals surface area contributed by atoms with Gasteiger partial charge in [0.25, 0.3) is 5.56 Å². The van der Waals surface area contributed by atoms with E-state index in [1.807, 2.05) is 0 Å². The first kappa shape index (κ1) is 8.00. The van der Waals surface area contributed by atoms with Crippen molar-refractivity contribution < 1.29 is 5.11 Å². The minimum absolute atomic E-state index is 0.0319. The van der Waals surface area contributed by atoms with Gasteiger partial charge in [0.15, 0.2) is 0 Å². The van der Waals surface area contributed by atoms with Gasteiger partial charge in [0.2, 0.25) is 0 Å². The molecular formula is C8H9N3O2. The Balaban J connectivity index is 2.62. The average molecular weight is 179 g/mol. The lowest BCUT2D eigenvalue weighted by atomic mass is 10.2. The number of hydrogen-bond donors (Lipinski definition) is 2. The third-order valence-electron chi connectivity index (χ3n) is 1.86. The molecule has 0 spiro atoms. The molecule has 0 aromatic carbocycles. The predicted molar refractivity (Wildman–Crippen MR) is 46.6 cm³/mol. The Morgan fingerprint density at radius 1 is 1.62 bits per heavy atom. The van der Waals surface area contributed by atoms with E-state index >= 15 is 0 Å². The summed E-state index contributed by atoms with van der Waals surface area (Å²) in [6, 6.07) is 1.71. The minimum atomic E-state index is -0.165. The number of nitrogens with one attached hydrogen (secondary N) is 1. The van der Waals surface area contributed by atoms with E-state index in [0.29, 0.717) is 17.6 Å². The fourth-order valence-corrected chi connectivity index (χ4v) is 1.22. The third-order valence-corrected chi connectivity index (χ3v) is 1.86. The summed E-state index contributed by atoms with van der Waals surface area (Å²) in [4.78, 5) is 14.0. The Bertz CT molecular complexity index is 471. The van der Waals surface area contributed by atoms with E-state index in [1.165, 1.54) is 0 Å². The molecule has 0 bridgehead atoms. The van der Waals surface area contributed by atoms with Crippen molar-refractivity contribution in [3.05, 3.63) is 34.4 Å². The summed E-state index contributed by atoms with van der Waals surface area (Å²) in [7, 11) is 0. The average Bonchev–Trinajstić information content (AvgIpc) is 2.52. The van der Waals surface area contributed by atoms with Crippen molar-refractivity contribution in [2.75, 3.05) is 6.61 Å². The second-order valence-electron chi connectivity index (χ2n) is 2.74. The van der Waals surface area contributed by atoms with Crippen LogP contribution < -0.4 is 5.56 Å². The number of H-pyrrole nitrogens is 1. The van der Waals surface area contributed by atoms with E-state index in [2.05, 4.69) is 10.1 Å². The van der Waals surface area contributed by atoms with E-state index in [-0.39, 0.29) is 12.2 Å². The summed E-state index contributed by atoms with van der Waals surface area (Å²) in [5.74, 6) is 0. The van der Waals surface area contributed by atoms with Gasteiger partial charge in [-0.15, -0.1) is 0 Å². The molecular weight excluding hydrogens is 170 g/mol. The van der Waals surface area contributed by atoms with Crippen molar-refractivity contribution in [2.45, 2.75) is 6.42 Å². The number of rotatable bonds is 2. The zero-order valence-electron chi connectivity index (χ0n) is 6.90. The first-order chi connectivity index (χ1) is 6.31. The summed E-state index contributed by atoms with van der Waals surface area (Å²) in [5, 5.41) is 12.7. The SMILES string of the molecule is O=c1[nH]c2ccnn2cc1CCO.